The van der Waals surface area contributed by atoms with E-state index < -0.39 is 0 Å². The summed E-state index contributed by atoms with van der Waals surface area (Å²) < 4.78 is 4.94. The standard InChI is InChI=1S/C18H16.C4H8O.BH3/c1-3-7-15-13(5-1)9-11-18-16-8-4-2-6-14(16)10-12-17(15)18;1-2-4-5-3-1;/h1,3,5,7,9-12H,2,4,6,8H2;1-4H2;1H3. The average Bonchev–Trinajstić information content (AvgIpc) is 3.21. The molecule has 1 aliphatic carbocycles. The van der Waals surface area contributed by atoms with Gasteiger partial charge in [0.15, 0.2) is 0 Å². The van der Waals surface area contributed by atoms with Crippen molar-refractivity contribution >= 4 is 30.0 Å². The van der Waals surface area contributed by atoms with Crippen LogP contribution in [0.25, 0.3) is 21.5 Å². The molecule has 1 nitrogen and oxygen atoms in total. The lowest BCUT2D eigenvalue weighted by Gasteiger charge is -2.18. The average molecular weight is 318 g/mol. The highest BCUT2D eigenvalue weighted by molar-refractivity contribution is 6.08. The molecule has 5 rings (SSSR count). The number of fused-ring (bicyclic) bond motifs is 5. The molecule has 1 heterocycles. The summed E-state index contributed by atoms with van der Waals surface area (Å²) in [5.74, 6) is 0. The molecule has 1 saturated heterocycles. The van der Waals surface area contributed by atoms with Crippen LogP contribution in [-0.2, 0) is 17.6 Å². The zero-order valence-corrected chi connectivity index (χ0v) is 13.7. The molecular formula is C22H27BO. The molecule has 2 heteroatoms. The zero-order valence-electron chi connectivity index (χ0n) is 13.7. The van der Waals surface area contributed by atoms with E-state index in [2.05, 4.69) is 48.5 Å². The zero-order chi connectivity index (χ0) is 15.5. The Morgan fingerprint density at radius 3 is 2.17 bits per heavy atom. The molecule has 3 aromatic carbocycles. The van der Waals surface area contributed by atoms with Crippen LogP contribution >= 0.6 is 0 Å². The highest BCUT2D eigenvalue weighted by Gasteiger charge is 2.13. The van der Waals surface area contributed by atoms with E-state index in [-0.39, 0.29) is 8.41 Å². The van der Waals surface area contributed by atoms with Gasteiger partial charge in [0.1, 0.15) is 0 Å². The molecular weight excluding hydrogens is 291 g/mol. The van der Waals surface area contributed by atoms with Crippen LogP contribution in [0, 0.1) is 0 Å². The number of rotatable bonds is 0. The van der Waals surface area contributed by atoms with Crippen LogP contribution in [0.2, 0.25) is 0 Å². The largest absolute Gasteiger partial charge is 0.381 e. The first-order valence-electron chi connectivity index (χ1n) is 8.93. The van der Waals surface area contributed by atoms with E-state index in [0.29, 0.717) is 0 Å². The van der Waals surface area contributed by atoms with Crippen molar-refractivity contribution in [2.45, 2.75) is 38.5 Å². The molecule has 24 heavy (non-hydrogen) atoms. The van der Waals surface area contributed by atoms with Crippen LogP contribution in [0.1, 0.15) is 36.8 Å². The molecule has 3 aromatic rings. The molecule has 0 unspecified atom stereocenters. The summed E-state index contributed by atoms with van der Waals surface area (Å²) in [4.78, 5) is 0. The summed E-state index contributed by atoms with van der Waals surface area (Å²) in [6.45, 7) is 2.00. The minimum atomic E-state index is 0. The Hall–Kier alpha value is -1.80. The Balaban J connectivity index is 0.000000245. The SMILES string of the molecule is B.C1CCOC1.c1ccc2c(c1)ccc1c3c(ccc12)CCCC3. The second-order valence-corrected chi connectivity index (χ2v) is 6.61. The summed E-state index contributed by atoms with van der Waals surface area (Å²) in [6.07, 6.45) is 7.77. The summed E-state index contributed by atoms with van der Waals surface area (Å²) in [5.41, 5.74) is 3.17. The van der Waals surface area contributed by atoms with Crippen molar-refractivity contribution in [3.05, 3.63) is 59.7 Å². The number of benzene rings is 3. The molecule has 0 N–H and O–H groups in total. The first-order chi connectivity index (χ1) is 11.4. The Kier molecular flexibility index (Phi) is 5.58. The highest BCUT2D eigenvalue weighted by atomic mass is 16.5. The maximum atomic E-state index is 4.94. The summed E-state index contributed by atoms with van der Waals surface area (Å²) >= 11 is 0. The third-order valence-corrected chi connectivity index (χ3v) is 5.08. The number of aryl methyl sites for hydroxylation is 2. The fraction of sp³-hybridized carbons (Fsp3) is 0.364. The van der Waals surface area contributed by atoms with Crippen molar-refractivity contribution in [1.82, 2.24) is 0 Å². The number of hydrogen-bond donors (Lipinski definition) is 0. The van der Waals surface area contributed by atoms with Gasteiger partial charge in [0.2, 0.25) is 0 Å². The van der Waals surface area contributed by atoms with Crippen molar-refractivity contribution in [1.29, 1.82) is 0 Å². The van der Waals surface area contributed by atoms with Crippen LogP contribution in [0.15, 0.2) is 48.5 Å². The summed E-state index contributed by atoms with van der Waals surface area (Å²) in [7, 11) is 0. The lowest BCUT2D eigenvalue weighted by molar-refractivity contribution is 0.198. The lowest BCUT2D eigenvalue weighted by Crippen LogP contribution is -2.02. The number of hydrogen-bond acceptors (Lipinski definition) is 1. The summed E-state index contributed by atoms with van der Waals surface area (Å²) in [5, 5.41) is 5.64. The third kappa shape index (κ3) is 3.34. The van der Waals surface area contributed by atoms with Crippen molar-refractivity contribution in [3.8, 4) is 0 Å². The van der Waals surface area contributed by atoms with Gasteiger partial charge in [-0.1, -0.05) is 48.5 Å². The van der Waals surface area contributed by atoms with Crippen LogP contribution in [0.4, 0.5) is 0 Å². The van der Waals surface area contributed by atoms with Gasteiger partial charge in [0.25, 0.3) is 0 Å². The molecule has 0 saturated carbocycles. The normalized spacial score (nSPS) is 16.2. The third-order valence-electron chi connectivity index (χ3n) is 5.08. The van der Waals surface area contributed by atoms with Crippen LogP contribution in [0.5, 0.6) is 0 Å². The maximum Gasteiger partial charge on any atom is 0.0814 e. The van der Waals surface area contributed by atoms with Gasteiger partial charge in [-0.15, -0.1) is 0 Å². The van der Waals surface area contributed by atoms with Gasteiger partial charge in [-0.2, -0.15) is 0 Å². The molecule has 0 radical (unpaired) electrons. The van der Waals surface area contributed by atoms with Crippen LogP contribution in [0.3, 0.4) is 0 Å². The van der Waals surface area contributed by atoms with Crippen molar-refractivity contribution in [2.24, 2.45) is 0 Å². The minimum Gasteiger partial charge on any atom is -0.381 e. The molecule has 0 spiro atoms. The fourth-order valence-corrected chi connectivity index (χ4v) is 3.85. The molecule has 2 aliphatic rings. The van der Waals surface area contributed by atoms with E-state index in [0.717, 1.165) is 13.2 Å². The maximum absolute atomic E-state index is 4.94. The molecule has 1 aliphatic heterocycles. The van der Waals surface area contributed by atoms with Gasteiger partial charge in [0, 0.05) is 13.2 Å². The fourth-order valence-electron chi connectivity index (χ4n) is 3.85. The van der Waals surface area contributed by atoms with E-state index in [9.17, 15) is 0 Å². The van der Waals surface area contributed by atoms with Crippen molar-refractivity contribution in [3.63, 3.8) is 0 Å². The molecule has 0 aromatic heterocycles. The monoisotopic (exact) mass is 318 g/mol. The van der Waals surface area contributed by atoms with E-state index >= 15 is 0 Å². The predicted molar refractivity (Wildman–Crippen MR) is 108 cm³/mol. The molecule has 0 atom stereocenters. The predicted octanol–water partition coefficient (Wildman–Crippen LogP) is 4.48. The van der Waals surface area contributed by atoms with Gasteiger partial charge < -0.3 is 4.74 Å². The smallest absolute Gasteiger partial charge is 0.0814 e. The van der Waals surface area contributed by atoms with Gasteiger partial charge >= 0.3 is 0 Å². The van der Waals surface area contributed by atoms with Gasteiger partial charge in [0.05, 0.1) is 8.41 Å². The first-order valence-corrected chi connectivity index (χ1v) is 8.93. The Labute approximate surface area is 146 Å². The molecule has 0 bridgehead atoms. The Morgan fingerprint density at radius 2 is 1.38 bits per heavy atom. The van der Waals surface area contributed by atoms with Crippen molar-refractivity contribution in [2.75, 3.05) is 13.2 Å². The van der Waals surface area contributed by atoms with Gasteiger partial charge in [-0.3, -0.25) is 0 Å². The van der Waals surface area contributed by atoms with Gasteiger partial charge in [-0.25, -0.2) is 0 Å². The van der Waals surface area contributed by atoms with E-state index in [4.69, 9.17) is 4.74 Å². The molecule has 124 valence electrons. The van der Waals surface area contributed by atoms with Crippen LogP contribution < -0.4 is 0 Å². The minimum absolute atomic E-state index is 0. The Bertz CT molecular complexity index is 813. The second kappa shape index (κ2) is 7.85. The topological polar surface area (TPSA) is 9.23 Å². The first kappa shape index (κ1) is 17.0. The van der Waals surface area contributed by atoms with E-state index in [1.165, 1.54) is 60.1 Å². The highest BCUT2D eigenvalue weighted by Crippen LogP contribution is 2.33. The molecule has 1 fully saturated rings. The Morgan fingerprint density at radius 1 is 0.625 bits per heavy atom. The molecule has 0 amide bonds. The van der Waals surface area contributed by atoms with Gasteiger partial charge in [-0.05, 0) is 71.2 Å². The lowest BCUT2D eigenvalue weighted by atomic mass is 9.86. The van der Waals surface area contributed by atoms with Crippen molar-refractivity contribution < 1.29 is 4.74 Å². The number of ether oxygens (including phenoxy) is 1. The van der Waals surface area contributed by atoms with E-state index in [1.807, 2.05) is 0 Å². The summed E-state index contributed by atoms with van der Waals surface area (Å²) in [6, 6.07) is 18.0. The van der Waals surface area contributed by atoms with Crippen LogP contribution in [-0.4, -0.2) is 21.6 Å². The quantitative estimate of drug-likeness (QED) is 0.438. The second-order valence-electron chi connectivity index (χ2n) is 6.61. The van der Waals surface area contributed by atoms with E-state index in [1.54, 1.807) is 11.1 Å².